The van der Waals surface area contributed by atoms with Gasteiger partial charge in [-0.15, -0.1) is 0 Å². The summed E-state index contributed by atoms with van der Waals surface area (Å²) in [7, 11) is 0. The van der Waals surface area contributed by atoms with E-state index >= 15 is 0 Å². The highest BCUT2D eigenvalue weighted by Crippen LogP contribution is 2.22. The Balaban J connectivity index is 1.22. The van der Waals surface area contributed by atoms with E-state index in [9.17, 15) is 19.2 Å². The molecule has 0 unspecified atom stereocenters. The van der Waals surface area contributed by atoms with Gasteiger partial charge in [-0.05, 0) is 98.5 Å². The van der Waals surface area contributed by atoms with E-state index in [4.69, 9.17) is 28.4 Å². The number of ether oxygens (including phenoxy) is 6. The van der Waals surface area contributed by atoms with E-state index in [1.165, 1.54) is 37.8 Å². The standard InChI is InChI=1S/C46H58O10/c1-3-43(47)53-35-19-15-11-7-5-9-13-17-33-51-39-25-21-37(22-26-39)45(49)55-41-29-31-42(32-30-41)56-46(50)38-23-27-40(28-24-38)52-34-18-14-10-6-8-12-16-20-36-54-44(48)4-2/h3-4,21-32H,1-2,5-20,33-36H2. The molecule has 0 spiro atoms. The van der Waals surface area contributed by atoms with Gasteiger partial charge < -0.3 is 28.4 Å². The van der Waals surface area contributed by atoms with Crippen molar-refractivity contribution in [3.05, 3.63) is 109 Å². The predicted octanol–water partition coefficient (Wildman–Crippen LogP) is 10.6. The topological polar surface area (TPSA) is 124 Å². The number of carbonyl (C=O) groups excluding carboxylic acids is 4. The molecule has 3 aromatic rings. The van der Waals surface area contributed by atoms with Gasteiger partial charge in [-0.2, -0.15) is 0 Å². The molecule has 0 radical (unpaired) electrons. The van der Waals surface area contributed by atoms with E-state index in [1.807, 2.05) is 0 Å². The Bertz CT molecular complexity index is 1480. The molecule has 0 saturated heterocycles. The molecule has 10 nitrogen and oxygen atoms in total. The molecule has 0 atom stereocenters. The fraction of sp³-hybridized carbons (Fsp3) is 0.435. The van der Waals surface area contributed by atoms with E-state index in [-0.39, 0.29) is 11.9 Å². The number of carbonyl (C=O) groups is 4. The Morgan fingerprint density at radius 3 is 0.946 bits per heavy atom. The van der Waals surface area contributed by atoms with Gasteiger partial charge in [0.15, 0.2) is 0 Å². The van der Waals surface area contributed by atoms with E-state index in [0.717, 1.165) is 77.0 Å². The smallest absolute Gasteiger partial charge is 0.343 e. The first-order chi connectivity index (χ1) is 27.4. The molecule has 0 aliphatic rings. The van der Waals surface area contributed by atoms with Crippen molar-refractivity contribution in [2.45, 2.75) is 103 Å². The van der Waals surface area contributed by atoms with Crippen LogP contribution in [0, 0.1) is 0 Å². The third-order valence-electron chi connectivity index (χ3n) is 8.86. The van der Waals surface area contributed by atoms with Gasteiger partial charge in [0.05, 0.1) is 37.6 Å². The minimum absolute atomic E-state index is 0.325. The molecule has 0 amide bonds. The van der Waals surface area contributed by atoms with E-state index in [1.54, 1.807) is 72.8 Å². The number of esters is 4. The van der Waals surface area contributed by atoms with E-state index < -0.39 is 11.9 Å². The van der Waals surface area contributed by atoms with Gasteiger partial charge in [-0.1, -0.05) is 90.2 Å². The fourth-order valence-electron chi connectivity index (χ4n) is 5.66. The van der Waals surface area contributed by atoms with Gasteiger partial charge in [0.1, 0.15) is 23.0 Å². The van der Waals surface area contributed by atoms with Crippen molar-refractivity contribution in [2.24, 2.45) is 0 Å². The largest absolute Gasteiger partial charge is 0.494 e. The molecule has 0 aliphatic heterocycles. The molecule has 0 bridgehead atoms. The van der Waals surface area contributed by atoms with Crippen molar-refractivity contribution in [3.8, 4) is 23.0 Å². The first-order valence-electron chi connectivity index (χ1n) is 20.0. The lowest BCUT2D eigenvalue weighted by atomic mass is 10.1. The Labute approximate surface area is 332 Å². The van der Waals surface area contributed by atoms with Gasteiger partial charge in [0.25, 0.3) is 0 Å². The predicted molar refractivity (Wildman–Crippen MR) is 216 cm³/mol. The summed E-state index contributed by atoms with van der Waals surface area (Å²) in [5, 5.41) is 0. The highest BCUT2D eigenvalue weighted by Gasteiger charge is 2.12. The summed E-state index contributed by atoms with van der Waals surface area (Å²) >= 11 is 0. The fourth-order valence-corrected chi connectivity index (χ4v) is 5.66. The Hall–Kier alpha value is -5.38. The van der Waals surface area contributed by atoms with Crippen LogP contribution in [0.25, 0.3) is 0 Å². The number of unbranched alkanes of at least 4 members (excludes halogenated alkanes) is 14. The first kappa shape index (κ1) is 45.0. The third kappa shape index (κ3) is 19.8. The lowest BCUT2D eigenvalue weighted by molar-refractivity contribution is -0.138. The molecule has 56 heavy (non-hydrogen) atoms. The van der Waals surface area contributed by atoms with Crippen LogP contribution in [0.15, 0.2) is 98.1 Å². The molecule has 10 heteroatoms. The van der Waals surface area contributed by atoms with Crippen molar-refractivity contribution in [3.63, 3.8) is 0 Å². The minimum Gasteiger partial charge on any atom is -0.494 e. The first-order valence-corrected chi connectivity index (χ1v) is 20.0. The van der Waals surface area contributed by atoms with Crippen LogP contribution in [0.3, 0.4) is 0 Å². The van der Waals surface area contributed by atoms with Crippen LogP contribution in [0.4, 0.5) is 0 Å². The highest BCUT2D eigenvalue weighted by molar-refractivity contribution is 5.92. The zero-order valence-corrected chi connectivity index (χ0v) is 32.7. The molecule has 0 saturated carbocycles. The van der Waals surface area contributed by atoms with Gasteiger partial charge in [0.2, 0.25) is 0 Å². The summed E-state index contributed by atoms with van der Waals surface area (Å²) in [5.41, 5.74) is 0.786. The second-order valence-corrected chi connectivity index (χ2v) is 13.4. The van der Waals surface area contributed by atoms with Crippen LogP contribution in [0.2, 0.25) is 0 Å². The summed E-state index contributed by atoms with van der Waals surface area (Å²) < 4.78 is 32.6. The molecule has 3 aromatic carbocycles. The molecule has 302 valence electrons. The highest BCUT2D eigenvalue weighted by atomic mass is 16.5. The maximum absolute atomic E-state index is 12.7. The monoisotopic (exact) mass is 770 g/mol. The maximum atomic E-state index is 12.7. The Morgan fingerprint density at radius 2 is 0.643 bits per heavy atom. The Kier molecular flexibility index (Phi) is 22.6. The van der Waals surface area contributed by atoms with Crippen LogP contribution in [-0.4, -0.2) is 50.3 Å². The molecule has 0 N–H and O–H groups in total. The molecule has 0 fully saturated rings. The van der Waals surface area contributed by atoms with Crippen LogP contribution in [0.1, 0.15) is 123 Å². The molecule has 3 rings (SSSR count). The van der Waals surface area contributed by atoms with Crippen molar-refractivity contribution in [1.29, 1.82) is 0 Å². The molecule has 0 aliphatic carbocycles. The number of hydrogen-bond donors (Lipinski definition) is 0. The second kappa shape index (κ2) is 28.1. The van der Waals surface area contributed by atoms with Crippen molar-refractivity contribution >= 4 is 23.9 Å². The average molecular weight is 771 g/mol. The summed E-state index contributed by atoms with van der Waals surface area (Å²) in [6.45, 7) is 8.90. The molecule has 0 aromatic heterocycles. The second-order valence-electron chi connectivity index (χ2n) is 13.4. The Morgan fingerprint density at radius 1 is 0.375 bits per heavy atom. The number of hydrogen-bond acceptors (Lipinski definition) is 10. The van der Waals surface area contributed by atoms with Crippen LogP contribution in [-0.2, 0) is 19.1 Å². The van der Waals surface area contributed by atoms with Gasteiger partial charge in [-0.25, -0.2) is 19.2 Å². The minimum atomic E-state index is -0.504. The summed E-state index contributed by atoms with van der Waals surface area (Å²) in [5.74, 6) is 0.309. The molecule has 0 heterocycles. The molecular weight excluding hydrogens is 712 g/mol. The van der Waals surface area contributed by atoms with E-state index in [2.05, 4.69) is 13.2 Å². The zero-order chi connectivity index (χ0) is 40.1. The maximum Gasteiger partial charge on any atom is 0.343 e. The van der Waals surface area contributed by atoms with Crippen molar-refractivity contribution < 1.29 is 47.6 Å². The van der Waals surface area contributed by atoms with Gasteiger partial charge in [-0.3, -0.25) is 0 Å². The van der Waals surface area contributed by atoms with Crippen LogP contribution < -0.4 is 18.9 Å². The van der Waals surface area contributed by atoms with Crippen molar-refractivity contribution in [1.82, 2.24) is 0 Å². The SMILES string of the molecule is C=CC(=O)OCCCCCCCCCCOc1ccc(C(=O)Oc2ccc(OC(=O)c3ccc(OCCCCCCCCCCOC(=O)C=C)cc3)cc2)cc1. The third-order valence-corrected chi connectivity index (χ3v) is 8.86. The quantitative estimate of drug-likeness (QED) is 0.0280. The van der Waals surface area contributed by atoms with E-state index in [0.29, 0.717) is 60.6 Å². The van der Waals surface area contributed by atoms with Crippen LogP contribution >= 0.6 is 0 Å². The summed E-state index contributed by atoms with van der Waals surface area (Å²) in [4.78, 5) is 47.4. The number of rotatable bonds is 30. The van der Waals surface area contributed by atoms with Crippen molar-refractivity contribution in [2.75, 3.05) is 26.4 Å². The van der Waals surface area contributed by atoms with Gasteiger partial charge in [0, 0.05) is 12.2 Å². The normalized spacial score (nSPS) is 10.6. The summed E-state index contributed by atoms with van der Waals surface area (Å²) in [6, 6.07) is 20.0. The average Bonchev–Trinajstić information content (AvgIpc) is 3.22. The zero-order valence-electron chi connectivity index (χ0n) is 32.7. The summed E-state index contributed by atoms with van der Waals surface area (Å²) in [6.07, 6.45) is 19.6. The molecular formula is C46H58O10. The lowest BCUT2D eigenvalue weighted by Crippen LogP contribution is -2.09. The number of benzene rings is 3. The van der Waals surface area contributed by atoms with Gasteiger partial charge >= 0.3 is 23.9 Å². The van der Waals surface area contributed by atoms with Crippen LogP contribution in [0.5, 0.6) is 23.0 Å². The lowest BCUT2D eigenvalue weighted by Gasteiger charge is -2.09.